The highest BCUT2D eigenvalue weighted by atomic mass is 35.5. The smallest absolute Gasteiger partial charge is 0.0661 e. The third-order valence-electron chi connectivity index (χ3n) is 3.37. The summed E-state index contributed by atoms with van der Waals surface area (Å²) >= 11 is 5.85. The average molecular weight is 240 g/mol. The molecular weight excluding hydrogens is 222 g/mol. The van der Waals surface area contributed by atoms with Crippen molar-refractivity contribution in [3.05, 3.63) is 29.3 Å². The van der Waals surface area contributed by atoms with Crippen LogP contribution in [-0.2, 0) is 0 Å². The van der Waals surface area contributed by atoms with Gasteiger partial charge in [-0.1, -0.05) is 30.9 Å². The highest BCUT2D eigenvalue weighted by Gasteiger charge is 2.30. The topological polar surface area (TPSA) is 32.3 Å². The number of rotatable bonds is 3. The zero-order valence-electron chi connectivity index (χ0n) is 9.38. The zero-order chi connectivity index (χ0) is 11.4. The molecule has 1 fully saturated rings. The molecule has 88 valence electrons. The highest BCUT2D eigenvalue weighted by molar-refractivity contribution is 6.30. The van der Waals surface area contributed by atoms with Crippen molar-refractivity contribution in [3.63, 3.8) is 0 Å². The molecule has 0 radical (unpaired) electrons. The number of halogens is 1. The maximum Gasteiger partial charge on any atom is 0.0661 e. The number of hydrogen-bond acceptors (Lipinski definition) is 2. The van der Waals surface area contributed by atoms with Crippen LogP contribution >= 0.6 is 11.6 Å². The molecule has 0 aliphatic heterocycles. The normalized spacial score (nSPS) is 19.4. The Bertz CT molecular complexity index is 330. The first-order valence-electron chi connectivity index (χ1n) is 5.89. The molecule has 2 nitrogen and oxygen atoms in total. The largest absolute Gasteiger partial charge is 0.394 e. The van der Waals surface area contributed by atoms with Crippen molar-refractivity contribution in [1.29, 1.82) is 0 Å². The summed E-state index contributed by atoms with van der Waals surface area (Å²) in [4.78, 5) is 0. The van der Waals surface area contributed by atoms with Gasteiger partial charge >= 0.3 is 0 Å². The molecule has 2 rings (SSSR count). The van der Waals surface area contributed by atoms with E-state index in [0.717, 1.165) is 23.6 Å². The predicted molar refractivity (Wildman–Crippen MR) is 68.0 cm³/mol. The molecule has 0 unspecified atom stereocenters. The van der Waals surface area contributed by atoms with E-state index in [2.05, 4.69) is 5.32 Å². The van der Waals surface area contributed by atoms with Gasteiger partial charge in [-0.15, -0.1) is 0 Å². The first-order chi connectivity index (χ1) is 7.74. The summed E-state index contributed by atoms with van der Waals surface area (Å²) in [6.45, 7) is 0.204. The summed E-state index contributed by atoms with van der Waals surface area (Å²) in [5, 5.41) is 13.8. The van der Waals surface area contributed by atoms with E-state index in [4.69, 9.17) is 11.6 Å². The standard InChI is InChI=1S/C13H18ClNO/c14-11-4-6-12(7-5-11)15-13(10-16)8-2-1-3-9-13/h4-7,15-16H,1-3,8-10H2. The van der Waals surface area contributed by atoms with E-state index in [-0.39, 0.29) is 12.1 Å². The monoisotopic (exact) mass is 239 g/mol. The van der Waals surface area contributed by atoms with Gasteiger partial charge in [-0.05, 0) is 37.1 Å². The molecule has 0 spiro atoms. The Kier molecular flexibility index (Phi) is 3.72. The molecule has 1 aromatic rings. The lowest BCUT2D eigenvalue weighted by atomic mass is 9.82. The fourth-order valence-corrected chi connectivity index (χ4v) is 2.52. The van der Waals surface area contributed by atoms with Gasteiger partial charge in [0.15, 0.2) is 0 Å². The molecule has 0 atom stereocenters. The molecular formula is C13H18ClNO. The second-order valence-electron chi connectivity index (χ2n) is 4.63. The third-order valence-corrected chi connectivity index (χ3v) is 3.62. The van der Waals surface area contributed by atoms with E-state index in [1.54, 1.807) is 0 Å². The van der Waals surface area contributed by atoms with Crippen molar-refractivity contribution in [2.75, 3.05) is 11.9 Å². The van der Waals surface area contributed by atoms with Gasteiger partial charge in [0.05, 0.1) is 12.1 Å². The Morgan fingerprint density at radius 1 is 1.12 bits per heavy atom. The summed E-state index contributed by atoms with van der Waals surface area (Å²) < 4.78 is 0. The zero-order valence-corrected chi connectivity index (χ0v) is 10.1. The lowest BCUT2D eigenvalue weighted by Gasteiger charge is -2.37. The molecule has 0 saturated heterocycles. The number of aliphatic hydroxyl groups excluding tert-OH is 1. The minimum absolute atomic E-state index is 0.119. The SMILES string of the molecule is OCC1(Nc2ccc(Cl)cc2)CCCCC1. The third kappa shape index (κ3) is 2.69. The van der Waals surface area contributed by atoms with Crippen molar-refractivity contribution < 1.29 is 5.11 Å². The van der Waals surface area contributed by atoms with Crippen LogP contribution < -0.4 is 5.32 Å². The Hall–Kier alpha value is -0.730. The number of aliphatic hydroxyl groups is 1. The fourth-order valence-electron chi connectivity index (χ4n) is 2.39. The molecule has 1 saturated carbocycles. The number of nitrogens with one attached hydrogen (secondary N) is 1. The van der Waals surface area contributed by atoms with E-state index in [0.29, 0.717) is 0 Å². The predicted octanol–water partition coefficient (Wildman–Crippen LogP) is 3.45. The molecule has 1 aliphatic carbocycles. The number of anilines is 1. The second-order valence-corrected chi connectivity index (χ2v) is 5.07. The lowest BCUT2D eigenvalue weighted by Crippen LogP contribution is -2.43. The van der Waals surface area contributed by atoms with Crippen molar-refractivity contribution in [3.8, 4) is 0 Å². The van der Waals surface area contributed by atoms with Crippen LogP contribution in [0.1, 0.15) is 32.1 Å². The first kappa shape index (κ1) is 11.7. The molecule has 1 aliphatic rings. The van der Waals surface area contributed by atoms with Crippen LogP contribution in [0.5, 0.6) is 0 Å². The summed E-state index contributed by atoms with van der Waals surface area (Å²) in [7, 11) is 0. The quantitative estimate of drug-likeness (QED) is 0.847. The van der Waals surface area contributed by atoms with Gasteiger partial charge in [0, 0.05) is 10.7 Å². The van der Waals surface area contributed by atoms with Crippen molar-refractivity contribution in [2.24, 2.45) is 0 Å². The number of hydrogen-bond donors (Lipinski definition) is 2. The maximum absolute atomic E-state index is 9.57. The van der Waals surface area contributed by atoms with Crippen molar-refractivity contribution in [1.82, 2.24) is 0 Å². The van der Waals surface area contributed by atoms with Gasteiger partial charge < -0.3 is 10.4 Å². The van der Waals surface area contributed by atoms with Crippen LogP contribution in [0, 0.1) is 0 Å². The van der Waals surface area contributed by atoms with Crippen molar-refractivity contribution >= 4 is 17.3 Å². The molecule has 0 bridgehead atoms. The van der Waals surface area contributed by atoms with Gasteiger partial charge in [-0.25, -0.2) is 0 Å². The van der Waals surface area contributed by atoms with Crippen LogP contribution in [0.4, 0.5) is 5.69 Å². The lowest BCUT2D eigenvalue weighted by molar-refractivity contribution is 0.173. The molecule has 0 aromatic heterocycles. The summed E-state index contributed by atoms with van der Waals surface area (Å²) in [6, 6.07) is 7.68. The highest BCUT2D eigenvalue weighted by Crippen LogP contribution is 2.31. The summed E-state index contributed by atoms with van der Waals surface area (Å²) in [5.74, 6) is 0. The Balaban J connectivity index is 2.08. The molecule has 0 heterocycles. The van der Waals surface area contributed by atoms with Gasteiger partial charge in [0.2, 0.25) is 0 Å². The van der Waals surface area contributed by atoms with Crippen LogP contribution in [0.2, 0.25) is 5.02 Å². The second kappa shape index (κ2) is 5.07. The van der Waals surface area contributed by atoms with Crippen LogP contribution in [-0.4, -0.2) is 17.3 Å². The van der Waals surface area contributed by atoms with Crippen molar-refractivity contribution in [2.45, 2.75) is 37.6 Å². The average Bonchev–Trinajstić information content (AvgIpc) is 2.33. The molecule has 0 amide bonds. The Labute approximate surface area is 102 Å². The Morgan fingerprint density at radius 3 is 2.31 bits per heavy atom. The van der Waals surface area contributed by atoms with Crippen LogP contribution in [0.25, 0.3) is 0 Å². The van der Waals surface area contributed by atoms with E-state index < -0.39 is 0 Å². The fraction of sp³-hybridized carbons (Fsp3) is 0.538. The molecule has 16 heavy (non-hydrogen) atoms. The van der Waals surface area contributed by atoms with Gasteiger partial charge in [-0.2, -0.15) is 0 Å². The van der Waals surface area contributed by atoms with Crippen LogP contribution in [0.3, 0.4) is 0 Å². The van der Waals surface area contributed by atoms with E-state index in [9.17, 15) is 5.11 Å². The van der Waals surface area contributed by atoms with Gasteiger partial charge in [-0.3, -0.25) is 0 Å². The molecule has 2 N–H and O–H groups in total. The molecule has 3 heteroatoms. The number of benzene rings is 1. The molecule has 1 aromatic carbocycles. The maximum atomic E-state index is 9.57. The van der Waals surface area contributed by atoms with E-state index >= 15 is 0 Å². The summed E-state index contributed by atoms with van der Waals surface area (Å²) in [5.41, 5.74) is 0.923. The van der Waals surface area contributed by atoms with Gasteiger partial charge in [0.1, 0.15) is 0 Å². The first-order valence-corrected chi connectivity index (χ1v) is 6.27. The summed E-state index contributed by atoms with van der Waals surface area (Å²) in [6.07, 6.45) is 5.77. The minimum atomic E-state index is -0.119. The van der Waals surface area contributed by atoms with Crippen LogP contribution in [0.15, 0.2) is 24.3 Å². The Morgan fingerprint density at radius 2 is 1.75 bits per heavy atom. The minimum Gasteiger partial charge on any atom is -0.394 e. The van der Waals surface area contributed by atoms with E-state index in [1.807, 2.05) is 24.3 Å². The van der Waals surface area contributed by atoms with Gasteiger partial charge in [0.25, 0.3) is 0 Å². The van der Waals surface area contributed by atoms with E-state index in [1.165, 1.54) is 19.3 Å².